The van der Waals surface area contributed by atoms with Crippen molar-refractivity contribution in [2.45, 2.75) is 34.1 Å². The van der Waals surface area contributed by atoms with E-state index in [9.17, 15) is 4.79 Å². The van der Waals surface area contributed by atoms with E-state index in [0.717, 1.165) is 0 Å². The van der Waals surface area contributed by atoms with E-state index in [-0.39, 0.29) is 10.8 Å². The number of carbonyl (C=O) groups excluding carboxylic acids is 1. The van der Waals surface area contributed by atoms with Crippen LogP contribution in [0.4, 0.5) is 0 Å². The highest BCUT2D eigenvalue weighted by Gasteiger charge is 2.43. The zero-order valence-electron chi connectivity index (χ0n) is 8.92. The third-order valence-corrected chi connectivity index (χ3v) is 3.29. The summed E-state index contributed by atoms with van der Waals surface area (Å²) < 4.78 is 0. The number of ketones is 1. The quantitative estimate of drug-likeness (QED) is 0.635. The minimum absolute atomic E-state index is 0.0607. The van der Waals surface area contributed by atoms with Crippen LogP contribution in [0.1, 0.15) is 34.1 Å². The van der Waals surface area contributed by atoms with Crippen molar-refractivity contribution in [3.8, 4) is 0 Å². The van der Waals surface area contributed by atoms with E-state index < -0.39 is 0 Å². The molecule has 0 saturated carbocycles. The van der Waals surface area contributed by atoms with Crippen molar-refractivity contribution in [3.05, 3.63) is 24.3 Å². The lowest BCUT2D eigenvalue weighted by Crippen LogP contribution is -2.40. The Kier molecular flexibility index (Phi) is 2.47. The SMILES string of the molecule is CCC(=O)C1(C)C=CC=CC1(C)C. The lowest BCUT2D eigenvalue weighted by atomic mass is 9.62. The summed E-state index contributed by atoms with van der Waals surface area (Å²) >= 11 is 0. The Morgan fingerprint density at radius 3 is 2.15 bits per heavy atom. The molecule has 0 aromatic rings. The average Bonchev–Trinajstić information content (AvgIpc) is 2.08. The van der Waals surface area contributed by atoms with Crippen molar-refractivity contribution in [1.82, 2.24) is 0 Å². The predicted octanol–water partition coefficient (Wildman–Crippen LogP) is 3.12. The number of allylic oxidation sites excluding steroid dienone is 4. The molecule has 0 N–H and O–H groups in total. The molecule has 0 heterocycles. The van der Waals surface area contributed by atoms with E-state index in [1.165, 1.54) is 0 Å². The maximum absolute atomic E-state index is 11.8. The first-order valence-electron chi connectivity index (χ1n) is 4.84. The maximum atomic E-state index is 11.8. The van der Waals surface area contributed by atoms with Crippen molar-refractivity contribution in [2.75, 3.05) is 0 Å². The minimum atomic E-state index is -0.323. The summed E-state index contributed by atoms with van der Waals surface area (Å²) in [6.07, 6.45) is 8.74. The van der Waals surface area contributed by atoms with Gasteiger partial charge in [0.15, 0.2) is 0 Å². The highest BCUT2D eigenvalue weighted by Crippen LogP contribution is 2.44. The van der Waals surface area contributed by atoms with E-state index in [0.29, 0.717) is 12.2 Å². The smallest absolute Gasteiger partial charge is 0.143 e. The van der Waals surface area contributed by atoms with E-state index in [1.54, 1.807) is 0 Å². The summed E-state index contributed by atoms with van der Waals surface area (Å²) in [7, 11) is 0. The van der Waals surface area contributed by atoms with Gasteiger partial charge in [0.25, 0.3) is 0 Å². The molecular weight excluding hydrogens is 160 g/mol. The number of Topliss-reactive ketones (excluding diaryl/α,β-unsaturated/α-hetero) is 1. The van der Waals surface area contributed by atoms with Gasteiger partial charge in [0.2, 0.25) is 0 Å². The maximum Gasteiger partial charge on any atom is 0.143 e. The second kappa shape index (κ2) is 3.13. The monoisotopic (exact) mass is 178 g/mol. The zero-order valence-corrected chi connectivity index (χ0v) is 8.92. The Balaban J connectivity index is 3.08. The van der Waals surface area contributed by atoms with Crippen molar-refractivity contribution >= 4 is 5.78 Å². The lowest BCUT2D eigenvalue weighted by Gasteiger charge is -2.40. The molecular formula is C12H18O. The van der Waals surface area contributed by atoms with Crippen LogP contribution in [0.15, 0.2) is 24.3 Å². The highest BCUT2D eigenvalue weighted by molar-refractivity contribution is 5.87. The number of hydrogen-bond acceptors (Lipinski definition) is 1. The first-order chi connectivity index (χ1) is 5.94. The summed E-state index contributed by atoms with van der Waals surface area (Å²) in [6, 6.07) is 0. The van der Waals surface area contributed by atoms with Gasteiger partial charge >= 0.3 is 0 Å². The molecule has 0 saturated heterocycles. The van der Waals surface area contributed by atoms with Gasteiger partial charge in [-0.05, 0) is 12.3 Å². The van der Waals surface area contributed by atoms with Gasteiger partial charge in [-0.15, -0.1) is 0 Å². The van der Waals surface area contributed by atoms with Gasteiger partial charge in [-0.25, -0.2) is 0 Å². The topological polar surface area (TPSA) is 17.1 Å². The van der Waals surface area contributed by atoms with Gasteiger partial charge in [0.1, 0.15) is 5.78 Å². The molecule has 1 aliphatic rings. The second-order valence-corrected chi connectivity index (χ2v) is 4.42. The Bertz CT molecular complexity index is 271. The fourth-order valence-corrected chi connectivity index (χ4v) is 1.75. The van der Waals surface area contributed by atoms with Crippen LogP contribution in [-0.2, 0) is 4.79 Å². The van der Waals surface area contributed by atoms with Crippen LogP contribution in [0.5, 0.6) is 0 Å². The largest absolute Gasteiger partial charge is 0.299 e. The average molecular weight is 178 g/mol. The Labute approximate surface area is 80.5 Å². The van der Waals surface area contributed by atoms with Gasteiger partial charge in [0, 0.05) is 6.42 Å². The molecule has 13 heavy (non-hydrogen) atoms. The summed E-state index contributed by atoms with van der Waals surface area (Å²) in [5.41, 5.74) is -0.384. The van der Waals surface area contributed by atoms with Crippen LogP contribution in [0.3, 0.4) is 0 Å². The van der Waals surface area contributed by atoms with Crippen molar-refractivity contribution < 1.29 is 4.79 Å². The molecule has 1 nitrogen and oxygen atoms in total. The Morgan fingerprint density at radius 1 is 1.15 bits per heavy atom. The second-order valence-electron chi connectivity index (χ2n) is 4.42. The number of rotatable bonds is 2. The number of hydrogen-bond donors (Lipinski definition) is 0. The molecule has 0 fully saturated rings. The highest BCUT2D eigenvalue weighted by atomic mass is 16.1. The van der Waals surface area contributed by atoms with Crippen LogP contribution in [0, 0.1) is 10.8 Å². The summed E-state index contributed by atoms with van der Waals surface area (Å²) in [4.78, 5) is 11.8. The van der Waals surface area contributed by atoms with Crippen LogP contribution < -0.4 is 0 Å². The molecule has 0 aromatic heterocycles. The van der Waals surface area contributed by atoms with Gasteiger partial charge in [-0.3, -0.25) is 4.79 Å². The summed E-state index contributed by atoms with van der Waals surface area (Å²) in [5.74, 6) is 0.318. The molecule has 0 spiro atoms. The third-order valence-electron chi connectivity index (χ3n) is 3.29. The molecule has 1 rings (SSSR count). The van der Waals surface area contributed by atoms with Crippen molar-refractivity contribution in [3.63, 3.8) is 0 Å². The molecule has 1 aliphatic carbocycles. The summed E-state index contributed by atoms with van der Waals surface area (Å²) in [6.45, 7) is 8.18. The first-order valence-corrected chi connectivity index (χ1v) is 4.84. The van der Waals surface area contributed by atoms with Crippen LogP contribution >= 0.6 is 0 Å². The molecule has 0 aliphatic heterocycles. The fourth-order valence-electron chi connectivity index (χ4n) is 1.75. The van der Waals surface area contributed by atoms with Gasteiger partial charge in [-0.2, -0.15) is 0 Å². The van der Waals surface area contributed by atoms with E-state index in [4.69, 9.17) is 0 Å². The van der Waals surface area contributed by atoms with E-state index in [1.807, 2.05) is 32.1 Å². The minimum Gasteiger partial charge on any atom is -0.299 e. The predicted molar refractivity (Wildman–Crippen MR) is 55.5 cm³/mol. The van der Waals surface area contributed by atoms with Crippen LogP contribution in [0.25, 0.3) is 0 Å². The van der Waals surface area contributed by atoms with Gasteiger partial charge in [-0.1, -0.05) is 45.1 Å². The molecule has 72 valence electrons. The standard InChI is InChI=1S/C12H18O/c1-5-10(13)12(4)9-7-6-8-11(12,2)3/h6-9H,5H2,1-4H3. The Hall–Kier alpha value is -0.850. The van der Waals surface area contributed by atoms with Crippen LogP contribution in [0.2, 0.25) is 0 Å². The van der Waals surface area contributed by atoms with E-state index >= 15 is 0 Å². The number of carbonyl (C=O) groups is 1. The Morgan fingerprint density at radius 2 is 1.69 bits per heavy atom. The molecule has 1 unspecified atom stereocenters. The molecule has 1 atom stereocenters. The summed E-state index contributed by atoms with van der Waals surface area (Å²) in [5, 5.41) is 0. The van der Waals surface area contributed by atoms with Crippen molar-refractivity contribution in [2.24, 2.45) is 10.8 Å². The van der Waals surface area contributed by atoms with Crippen LogP contribution in [-0.4, -0.2) is 5.78 Å². The molecule has 0 bridgehead atoms. The van der Waals surface area contributed by atoms with Gasteiger partial charge < -0.3 is 0 Å². The van der Waals surface area contributed by atoms with Gasteiger partial charge in [0.05, 0.1) is 5.41 Å². The van der Waals surface area contributed by atoms with Crippen molar-refractivity contribution in [1.29, 1.82) is 0 Å². The first kappa shape index (κ1) is 10.2. The zero-order chi connectivity index (χ0) is 10.1. The molecule has 0 aromatic carbocycles. The molecule has 0 radical (unpaired) electrons. The molecule has 0 amide bonds. The van der Waals surface area contributed by atoms with E-state index in [2.05, 4.69) is 19.9 Å². The lowest BCUT2D eigenvalue weighted by molar-refractivity contribution is -0.129. The molecule has 1 heteroatoms. The normalized spacial score (nSPS) is 30.5. The fraction of sp³-hybridized carbons (Fsp3) is 0.583. The third kappa shape index (κ3) is 1.48.